The van der Waals surface area contributed by atoms with Crippen molar-refractivity contribution >= 4 is 15.7 Å². The van der Waals surface area contributed by atoms with E-state index in [9.17, 15) is 12.8 Å². The Bertz CT molecular complexity index is 855. The van der Waals surface area contributed by atoms with Crippen LogP contribution in [0.15, 0.2) is 29.2 Å². The molecule has 1 unspecified atom stereocenters. The average molecular weight is 337 g/mol. The maximum atomic E-state index is 14.0. The van der Waals surface area contributed by atoms with E-state index < -0.39 is 21.8 Å². The molecule has 0 saturated heterocycles. The van der Waals surface area contributed by atoms with E-state index in [1.54, 1.807) is 32.0 Å². The lowest BCUT2D eigenvalue weighted by Gasteiger charge is -2.26. The van der Waals surface area contributed by atoms with Crippen LogP contribution in [-0.4, -0.2) is 36.8 Å². The van der Waals surface area contributed by atoms with Crippen LogP contribution in [0.2, 0.25) is 0 Å². The Labute approximate surface area is 133 Å². The molecular weight excluding hydrogens is 321 g/mol. The van der Waals surface area contributed by atoms with Gasteiger partial charge < -0.3 is 10.1 Å². The molecule has 0 saturated carbocycles. The van der Waals surface area contributed by atoms with Crippen LogP contribution in [-0.2, 0) is 9.84 Å². The number of para-hydroxylation sites is 1. The summed E-state index contributed by atoms with van der Waals surface area (Å²) in [7, 11) is -3.41. The molecule has 0 fully saturated rings. The molecule has 1 N–H and O–H groups in total. The summed E-state index contributed by atoms with van der Waals surface area (Å²) in [4.78, 5) is 8.12. The molecule has 1 aliphatic heterocycles. The summed E-state index contributed by atoms with van der Waals surface area (Å²) in [5.41, 5.74) is 0.238. The van der Waals surface area contributed by atoms with Crippen LogP contribution >= 0.6 is 0 Å². The second-order valence-corrected chi connectivity index (χ2v) is 7.37. The smallest absolute Gasteiger partial charge is 0.186 e. The van der Waals surface area contributed by atoms with Crippen molar-refractivity contribution in [1.82, 2.24) is 9.97 Å². The molecule has 0 spiro atoms. The van der Waals surface area contributed by atoms with E-state index in [1.807, 2.05) is 0 Å². The number of rotatable bonds is 3. The molecule has 1 aliphatic rings. The largest absolute Gasteiger partial charge is 0.486 e. The van der Waals surface area contributed by atoms with Gasteiger partial charge in [0, 0.05) is 0 Å². The fourth-order valence-electron chi connectivity index (χ4n) is 2.48. The zero-order valence-corrected chi connectivity index (χ0v) is 13.5. The first kappa shape index (κ1) is 15.7. The van der Waals surface area contributed by atoms with Crippen LogP contribution in [0.5, 0.6) is 5.75 Å². The summed E-state index contributed by atoms with van der Waals surface area (Å²) in [6.45, 7) is 3.34. The number of aromatic nitrogens is 2. The predicted octanol–water partition coefficient (Wildman–Crippen LogP) is 1.88. The molecule has 0 radical (unpaired) electrons. The van der Waals surface area contributed by atoms with Gasteiger partial charge in [0.1, 0.15) is 22.6 Å². The van der Waals surface area contributed by atoms with Crippen molar-refractivity contribution in [2.45, 2.75) is 24.8 Å². The minimum absolute atomic E-state index is 0.0508. The van der Waals surface area contributed by atoms with Gasteiger partial charge >= 0.3 is 0 Å². The van der Waals surface area contributed by atoms with Crippen LogP contribution in [0.1, 0.15) is 11.5 Å². The number of anilines is 1. The molecule has 8 heteroatoms. The summed E-state index contributed by atoms with van der Waals surface area (Å²) in [5, 5.41) is 2.82. The van der Waals surface area contributed by atoms with E-state index in [2.05, 4.69) is 15.3 Å². The maximum absolute atomic E-state index is 14.0. The highest BCUT2D eigenvalue weighted by atomic mass is 32.2. The Hall–Kier alpha value is -2.22. The van der Waals surface area contributed by atoms with E-state index in [0.29, 0.717) is 11.6 Å². The van der Waals surface area contributed by atoms with Crippen LogP contribution in [0.3, 0.4) is 0 Å². The minimum Gasteiger partial charge on any atom is -0.486 e. The SMILES string of the molecule is Cc1nc(C)c(F)c(NCC2CS(=O)(=O)c3ccccc3O2)n1. The molecule has 23 heavy (non-hydrogen) atoms. The topological polar surface area (TPSA) is 81.2 Å². The van der Waals surface area contributed by atoms with Crippen molar-refractivity contribution in [3.8, 4) is 5.75 Å². The van der Waals surface area contributed by atoms with E-state index in [-0.39, 0.29) is 28.7 Å². The van der Waals surface area contributed by atoms with Crippen LogP contribution in [0, 0.1) is 19.7 Å². The summed E-state index contributed by atoms with van der Waals surface area (Å²) in [6, 6.07) is 6.49. The third-order valence-electron chi connectivity index (χ3n) is 3.51. The Morgan fingerprint density at radius 3 is 2.83 bits per heavy atom. The number of aryl methyl sites for hydroxylation is 2. The summed E-state index contributed by atoms with van der Waals surface area (Å²) in [6.07, 6.45) is -0.620. The van der Waals surface area contributed by atoms with Crippen molar-refractivity contribution in [3.63, 3.8) is 0 Å². The molecule has 2 aromatic rings. The van der Waals surface area contributed by atoms with Crippen molar-refractivity contribution in [2.75, 3.05) is 17.6 Å². The van der Waals surface area contributed by atoms with E-state index in [1.165, 1.54) is 6.07 Å². The Morgan fingerprint density at radius 2 is 2.04 bits per heavy atom. The second-order valence-electron chi connectivity index (χ2n) is 5.37. The first-order valence-corrected chi connectivity index (χ1v) is 8.75. The second kappa shape index (κ2) is 5.77. The summed E-state index contributed by atoms with van der Waals surface area (Å²) < 4.78 is 44.2. The lowest BCUT2D eigenvalue weighted by Crippen LogP contribution is -2.37. The number of hydrogen-bond acceptors (Lipinski definition) is 6. The molecule has 2 heterocycles. The van der Waals surface area contributed by atoms with Gasteiger partial charge in [0.15, 0.2) is 21.5 Å². The predicted molar refractivity (Wildman–Crippen MR) is 82.9 cm³/mol. The first-order valence-electron chi connectivity index (χ1n) is 7.10. The molecule has 1 atom stereocenters. The Kier molecular flexibility index (Phi) is 3.93. The highest BCUT2D eigenvalue weighted by molar-refractivity contribution is 7.91. The lowest BCUT2D eigenvalue weighted by atomic mass is 10.3. The fourth-order valence-corrected chi connectivity index (χ4v) is 4.04. The summed E-state index contributed by atoms with van der Waals surface area (Å²) in [5.74, 6) is 0.0984. The molecule has 1 aromatic carbocycles. The molecule has 0 aliphatic carbocycles. The number of halogens is 1. The van der Waals surface area contributed by atoms with Crippen molar-refractivity contribution in [1.29, 1.82) is 0 Å². The normalized spacial score (nSPS) is 18.8. The van der Waals surface area contributed by atoms with Crippen molar-refractivity contribution < 1.29 is 17.5 Å². The van der Waals surface area contributed by atoms with Gasteiger partial charge in [-0.15, -0.1) is 0 Å². The van der Waals surface area contributed by atoms with E-state index in [4.69, 9.17) is 4.74 Å². The van der Waals surface area contributed by atoms with Crippen LogP contribution in [0.25, 0.3) is 0 Å². The van der Waals surface area contributed by atoms with Gasteiger partial charge in [0.2, 0.25) is 0 Å². The number of fused-ring (bicyclic) bond motifs is 1. The molecule has 0 bridgehead atoms. The minimum atomic E-state index is -3.41. The number of ether oxygens (including phenoxy) is 1. The van der Waals surface area contributed by atoms with E-state index in [0.717, 1.165) is 0 Å². The van der Waals surface area contributed by atoms with E-state index >= 15 is 0 Å². The number of benzene rings is 1. The number of nitrogens with zero attached hydrogens (tertiary/aromatic N) is 2. The lowest BCUT2D eigenvalue weighted by molar-refractivity contribution is 0.222. The highest BCUT2D eigenvalue weighted by Gasteiger charge is 2.31. The van der Waals surface area contributed by atoms with Gasteiger partial charge in [0.05, 0.1) is 18.0 Å². The quantitative estimate of drug-likeness (QED) is 0.921. The number of nitrogens with one attached hydrogen (secondary N) is 1. The van der Waals surface area contributed by atoms with Gasteiger partial charge in [-0.2, -0.15) is 0 Å². The number of sulfone groups is 1. The highest BCUT2D eigenvalue weighted by Crippen LogP contribution is 2.30. The van der Waals surface area contributed by atoms with Crippen molar-refractivity contribution in [3.05, 3.63) is 41.6 Å². The van der Waals surface area contributed by atoms with Crippen LogP contribution < -0.4 is 10.1 Å². The van der Waals surface area contributed by atoms with Gasteiger partial charge in [-0.1, -0.05) is 12.1 Å². The first-order chi connectivity index (χ1) is 10.9. The van der Waals surface area contributed by atoms with Gasteiger partial charge in [-0.3, -0.25) is 0 Å². The molecule has 6 nitrogen and oxygen atoms in total. The fraction of sp³-hybridized carbons (Fsp3) is 0.333. The van der Waals surface area contributed by atoms with Gasteiger partial charge in [0.25, 0.3) is 0 Å². The average Bonchev–Trinajstić information content (AvgIpc) is 2.49. The van der Waals surface area contributed by atoms with Gasteiger partial charge in [-0.25, -0.2) is 22.8 Å². The maximum Gasteiger partial charge on any atom is 0.186 e. The zero-order valence-electron chi connectivity index (χ0n) is 12.7. The van der Waals surface area contributed by atoms with Crippen molar-refractivity contribution in [2.24, 2.45) is 0 Å². The molecule has 0 amide bonds. The number of hydrogen-bond donors (Lipinski definition) is 1. The van der Waals surface area contributed by atoms with Crippen LogP contribution in [0.4, 0.5) is 10.2 Å². The third-order valence-corrected chi connectivity index (χ3v) is 5.33. The molecular formula is C15H16FN3O3S. The molecule has 3 rings (SSSR count). The molecule has 122 valence electrons. The third kappa shape index (κ3) is 3.12. The Morgan fingerprint density at radius 1 is 1.30 bits per heavy atom. The monoisotopic (exact) mass is 337 g/mol. The zero-order chi connectivity index (χ0) is 16.6. The van der Waals surface area contributed by atoms with Gasteiger partial charge in [-0.05, 0) is 26.0 Å². The standard InChI is InChI=1S/C15H16FN3O3S/c1-9-14(16)15(19-10(2)18-9)17-7-11-8-23(20,21)13-6-4-3-5-12(13)22-11/h3-6,11H,7-8H2,1-2H3,(H,17,18,19). The Balaban J connectivity index is 1.79. The molecule has 1 aromatic heterocycles. The summed E-state index contributed by atoms with van der Waals surface area (Å²) >= 11 is 0.